The van der Waals surface area contributed by atoms with Gasteiger partial charge in [-0.1, -0.05) is 29.8 Å². The highest BCUT2D eigenvalue weighted by Crippen LogP contribution is 2.23. The van der Waals surface area contributed by atoms with Crippen LogP contribution in [0, 0.1) is 0 Å². The van der Waals surface area contributed by atoms with Crippen LogP contribution in [0.5, 0.6) is 0 Å². The Bertz CT molecular complexity index is 631. The van der Waals surface area contributed by atoms with Crippen LogP contribution in [0.2, 0.25) is 5.02 Å². The monoisotopic (exact) mass is 352 g/mol. The minimum Gasteiger partial charge on any atom is -0.366 e. The molecule has 0 unspecified atom stereocenters. The lowest BCUT2D eigenvalue weighted by molar-refractivity contribution is 0.1000. The lowest BCUT2D eigenvalue weighted by Gasteiger charge is -2.07. The van der Waals surface area contributed by atoms with Crippen molar-refractivity contribution in [3.8, 4) is 0 Å². The molecule has 2 rings (SSSR count). The van der Waals surface area contributed by atoms with Crippen LogP contribution in [-0.2, 0) is 13.1 Å². The van der Waals surface area contributed by atoms with E-state index in [1.54, 1.807) is 12.1 Å². The van der Waals surface area contributed by atoms with Crippen LogP contribution >= 0.6 is 27.5 Å². The van der Waals surface area contributed by atoms with Crippen LogP contribution in [0.1, 0.15) is 21.5 Å². The van der Waals surface area contributed by atoms with Crippen LogP contribution in [0.4, 0.5) is 0 Å². The summed E-state index contributed by atoms with van der Waals surface area (Å²) in [7, 11) is 0. The zero-order chi connectivity index (χ0) is 14.5. The number of carbonyl (C=O) groups excluding carboxylic acids is 1. The molecule has 0 aliphatic carbocycles. The fraction of sp³-hybridized carbons (Fsp3) is 0.133. The van der Waals surface area contributed by atoms with Crippen molar-refractivity contribution in [2.75, 3.05) is 0 Å². The first kappa shape index (κ1) is 15.0. The summed E-state index contributed by atoms with van der Waals surface area (Å²) < 4.78 is 0.886. The quantitative estimate of drug-likeness (QED) is 0.864. The number of benzene rings is 2. The summed E-state index contributed by atoms with van der Waals surface area (Å²) in [5, 5.41) is 4.00. The zero-order valence-electron chi connectivity index (χ0n) is 10.7. The Kier molecular flexibility index (Phi) is 5.17. The van der Waals surface area contributed by atoms with Gasteiger partial charge in [-0.2, -0.15) is 0 Å². The summed E-state index contributed by atoms with van der Waals surface area (Å²) in [5.74, 6) is -0.411. The van der Waals surface area contributed by atoms with Gasteiger partial charge in [0.25, 0.3) is 0 Å². The van der Waals surface area contributed by atoms with Gasteiger partial charge in [-0.05, 0) is 51.3 Å². The van der Waals surface area contributed by atoms with Crippen LogP contribution in [0.25, 0.3) is 0 Å². The van der Waals surface area contributed by atoms with Gasteiger partial charge in [0.2, 0.25) is 5.91 Å². The molecule has 1 amide bonds. The molecule has 2 aromatic rings. The molecule has 0 heterocycles. The molecule has 104 valence electrons. The normalized spacial score (nSPS) is 10.5. The highest BCUT2D eigenvalue weighted by atomic mass is 79.9. The van der Waals surface area contributed by atoms with E-state index in [1.165, 1.54) is 0 Å². The van der Waals surface area contributed by atoms with Crippen molar-refractivity contribution < 1.29 is 4.79 Å². The molecular formula is C15H14BrClN2O. The van der Waals surface area contributed by atoms with Crippen molar-refractivity contribution in [3.63, 3.8) is 0 Å². The summed E-state index contributed by atoms with van der Waals surface area (Å²) in [5.41, 5.74) is 7.90. The third-order valence-corrected chi connectivity index (χ3v) is 4.09. The van der Waals surface area contributed by atoms with Crippen molar-refractivity contribution >= 4 is 33.4 Å². The lowest BCUT2D eigenvalue weighted by Crippen LogP contribution is -2.14. The minimum absolute atomic E-state index is 0.411. The maximum atomic E-state index is 11.1. The molecule has 0 bridgehead atoms. The van der Waals surface area contributed by atoms with Gasteiger partial charge in [-0.15, -0.1) is 0 Å². The second-order valence-electron chi connectivity index (χ2n) is 4.42. The predicted octanol–water partition coefficient (Wildman–Crippen LogP) is 3.49. The summed E-state index contributed by atoms with van der Waals surface area (Å²) in [6.07, 6.45) is 0. The molecule has 0 aromatic heterocycles. The molecule has 0 spiro atoms. The van der Waals surface area contributed by atoms with Gasteiger partial charge in [-0.25, -0.2) is 0 Å². The van der Waals surface area contributed by atoms with Crippen LogP contribution in [0.15, 0.2) is 46.9 Å². The molecule has 0 saturated carbocycles. The Morgan fingerprint density at radius 1 is 1.15 bits per heavy atom. The van der Waals surface area contributed by atoms with E-state index in [0.717, 1.165) is 15.6 Å². The van der Waals surface area contributed by atoms with E-state index < -0.39 is 5.91 Å². The molecule has 2 aromatic carbocycles. The minimum atomic E-state index is -0.411. The third kappa shape index (κ3) is 4.07. The van der Waals surface area contributed by atoms with Crippen molar-refractivity contribution in [2.45, 2.75) is 13.1 Å². The Labute approximate surface area is 131 Å². The predicted molar refractivity (Wildman–Crippen MR) is 84.7 cm³/mol. The number of rotatable bonds is 5. The molecule has 5 heteroatoms. The summed E-state index contributed by atoms with van der Waals surface area (Å²) in [4.78, 5) is 11.1. The SMILES string of the molecule is NC(=O)c1cccc(CNCc2ccc(Br)c(Cl)c2)c1. The van der Waals surface area contributed by atoms with Gasteiger partial charge in [-0.3, -0.25) is 4.79 Å². The standard InChI is InChI=1S/C15H14BrClN2O/c16-13-5-4-11(7-14(13)17)9-19-8-10-2-1-3-12(6-10)15(18)20/h1-7,19H,8-9H2,(H2,18,20). The number of hydrogen-bond acceptors (Lipinski definition) is 2. The van der Waals surface area contributed by atoms with Crippen molar-refractivity contribution in [1.29, 1.82) is 0 Å². The second kappa shape index (κ2) is 6.88. The first-order valence-corrected chi connectivity index (χ1v) is 7.27. The number of primary amides is 1. The first-order chi connectivity index (χ1) is 9.56. The Morgan fingerprint density at radius 2 is 1.85 bits per heavy atom. The molecule has 0 aliphatic heterocycles. The van der Waals surface area contributed by atoms with Crippen molar-refractivity contribution in [3.05, 3.63) is 68.7 Å². The Hall–Kier alpha value is -1.36. The maximum absolute atomic E-state index is 11.1. The fourth-order valence-corrected chi connectivity index (χ4v) is 2.29. The highest BCUT2D eigenvalue weighted by Gasteiger charge is 2.02. The third-order valence-electron chi connectivity index (χ3n) is 2.85. The highest BCUT2D eigenvalue weighted by molar-refractivity contribution is 9.10. The molecule has 3 N–H and O–H groups in total. The van der Waals surface area contributed by atoms with E-state index >= 15 is 0 Å². The fourth-order valence-electron chi connectivity index (χ4n) is 1.84. The van der Waals surface area contributed by atoms with E-state index in [4.69, 9.17) is 17.3 Å². The van der Waals surface area contributed by atoms with E-state index in [-0.39, 0.29) is 0 Å². The summed E-state index contributed by atoms with van der Waals surface area (Å²) >= 11 is 9.40. The molecule has 0 atom stereocenters. The smallest absolute Gasteiger partial charge is 0.248 e. The number of nitrogens with two attached hydrogens (primary N) is 1. The second-order valence-corrected chi connectivity index (χ2v) is 5.68. The van der Waals surface area contributed by atoms with Crippen LogP contribution < -0.4 is 11.1 Å². The maximum Gasteiger partial charge on any atom is 0.248 e. The number of hydrogen-bond donors (Lipinski definition) is 2. The number of amides is 1. The molecular weight excluding hydrogens is 340 g/mol. The van der Waals surface area contributed by atoms with Gasteiger partial charge in [0.15, 0.2) is 0 Å². The summed E-state index contributed by atoms with van der Waals surface area (Å²) in [6, 6.07) is 13.1. The molecule has 0 radical (unpaired) electrons. The number of halogens is 2. The van der Waals surface area contributed by atoms with Crippen LogP contribution in [-0.4, -0.2) is 5.91 Å². The molecule has 3 nitrogen and oxygen atoms in total. The molecule has 0 fully saturated rings. The van der Waals surface area contributed by atoms with E-state index in [1.807, 2.05) is 30.3 Å². The lowest BCUT2D eigenvalue weighted by atomic mass is 10.1. The van der Waals surface area contributed by atoms with Gasteiger partial charge in [0.1, 0.15) is 0 Å². The van der Waals surface area contributed by atoms with Gasteiger partial charge in [0.05, 0.1) is 5.02 Å². The van der Waals surface area contributed by atoms with Crippen molar-refractivity contribution in [2.24, 2.45) is 5.73 Å². The van der Waals surface area contributed by atoms with Gasteiger partial charge >= 0.3 is 0 Å². The largest absolute Gasteiger partial charge is 0.366 e. The number of nitrogens with one attached hydrogen (secondary N) is 1. The van der Waals surface area contributed by atoms with E-state index in [2.05, 4.69) is 21.2 Å². The Morgan fingerprint density at radius 3 is 2.50 bits per heavy atom. The topological polar surface area (TPSA) is 55.1 Å². The molecule has 0 saturated heterocycles. The average molecular weight is 354 g/mol. The Balaban J connectivity index is 1.94. The van der Waals surface area contributed by atoms with E-state index in [9.17, 15) is 4.79 Å². The number of carbonyl (C=O) groups is 1. The molecule has 20 heavy (non-hydrogen) atoms. The van der Waals surface area contributed by atoms with Crippen LogP contribution in [0.3, 0.4) is 0 Å². The molecule has 0 aliphatic rings. The average Bonchev–Trinajstić information content (AvgIpc) is 2.43. The summed E-state index contributed by atoms with van der Waals surface area (Å²) in [6.45, 7) is 1.36. The zero-order valence-corrected chi connectivity index (χ0v) is 13.0. The van der Waals surface area contributed by atoms with Gasteiger partial charge < -0.3 is 11.1 Å². The first-order valence-electron chi connectivity index (χ1n) is 6.09. The van der Waals surface area contributed by atoms with E-state index in [0.29, 0.717) is 23.7 Å². The van der Waals surface area contributed by atoms with Crippen molar-refractivity contribution in [1.82, 2.24) is 5.32 Å². The van der Waals surface area contributed by atoms with Gasteiger partial charge in [0, 0.05) is 23.1 Å².